The Labute approximate surface area is 277 Å². The predicted octanol–water partition coefficient (Wildman–Crippen LogP) is 8.05. The summed E-state index contributed by atoms with van der Waals surface area (Å²) in [6.07, 6.45) is 3.13. The number of aromatic nitrogens is 3. The van der Waals surface area contributed by atoms with Gasteiger partial charge in [-0.1, -0.05) is 82.2 Å². The fourth-order valence-corrected chi connectivity index (χ4v) is 7.29. The lowest BCUT2D eigenvalue weighted by molar-refractivity contribution is -0.132. The molecule has 3 aromatic carbocycles. The zero-order valence-corrected chi connectivity index (χ0v) is 26.8. The number of aliphatic hydroxyl groups excluding tert-OH is 1. The Hall–Kier alpha value is -4.22. The smallest absolute Gasteiger partial charge is 0.301 e. The lowest BCUT2D eigenvalue weighted by atomic mass is 9.96. The van der Waals surface area contributed by atoms with Crippen molar-refractivity contribution < 1.29 is 19.4 Å². The minimum atomic E-state index is -0.943. The first-order valence-electron chi connectivity index (χ1n) is 13.7. The minimum absolute atomic E-state index is 0.0584. The fourth-order valence-electron chi connectivity index (χ4n) is 4.86. The summed E-state index contributed by atoms with van der Waals surface area (Å²) in [6.45, 7) is 2.40. The average Bonchev–Trinajstić information content (AvgIpc) is 3.61. The molecule has 1 fully saturated rings. The van der Waals surface area contributed by atoms with Gasteiger partial charge < -0.3 is 9.84 Å². The number of hydrogen-bond donors (Lipinski definition) is 1. The molecular weight excluding hydrogens is 651 g/mol. The van der Waals surface area contributed by atoms with Crippen molar-refractivity contribution in [1.82, 2.24) is 15.2 Å². The first-order valence-corrected chi connectivity index (χ1v) is 16.2. The largest absolute Gasteiger partial charge is 0.507 e. The number of nitrogens with zero attached hydrogens (tertiary/aromatic N) is 4. The number of carbonyl (C=O) groups excluding carboxylic acids is 2. The number of aryl methyl sites for hydroxylation is 1. The van der Waals surface area contributed by atoms with Crippen LogP contribution in [0.5, 0.6) is 5.75 Å². The third-order valence-electron chi connectivity index (χ3n) is 7.05. The SMILES string of the molecule is Cc1cccc(COc2ccc(C(O)=C3C(=O)C(=O)N(c4nnc(SCc5ccc(Cl)cc5Cl)s4)C3c3ccncc3)cc2)c1. The molecular formula is C33H24Cl2N4O4S2. The van der Waals surface area contributed by atoms with Crippen molar-refractivity contribution in [3.05, 3.63) is 135 Å². The van der Waals surface area contributed by atoms with E-state index in [1.54, 1.807) is 60.9 Å². The summed E-state index contributed by atoms with van der Waals surface area (Å²) in [4.78, 5) is 32.3. The molecule has 1 N–H and O–H groups in total. The highest BCUT2D eigenvalue weighted by Gasteiger charge is 2.48. The van der Waals surface area contributed by atoms with Crippen LogP contribution in [0.2, 0.25) is 10.0 Å². The van der Waals surface area contributed by atoms with E-state index in [0.29, 0.717) is 43.6 Å². The molecule has 1 aliphatic heterocycles. The van der Waals surface area contributed by atoms with Crippen molar-refractivity contribution in [2.45, 2.75) is 29.7 Å². The number of rotatable bonds is 9. The second-order valence-corrected chi connectivity index (χ2v) is 13.1. The summed E-state index contributed by atoms with van der Waals surface area (Å²) in [5.41, 5.74) is 3.93. The Morgan fingerprint density at radius 2 is 1.78 bits per heavy atom. The van der Waals surface area contributed by atoms with Crippen LogP contribution < -0.4 is 9.64 Å². The molecule has 0 saturated carbocycles. The summed E-state index contributed by atoms with van der Waals surface area (Å²) < 4.78 is 6.49. The molecule has 12 heteroatoms. The predicted molar refractivity (Wildman–Crippen MR) is 177 cm³/mol. The van der Waals surface area contributed by atoms with E-state index < -0.39 is 17.7 Å². The summed E-state index contributed by atoms with van der Waals surface area (Å²) in [5, 5.41) is 21.3. The van der Waals surface area contributed by atoms with E-state index in [1.807, 2.05) is 37.3 Å². The quantitative estimate of drug-likeness (QED) is 0.0550. The van der Waals surface area contributed by atoms with Gasteiger partial charge in [0.15, 0.2) is 4.34 Å². The van der Waals surface area contributed by atoms with E-state index in [2.05, 4.69) is 15.2 Å². The van der Waals surface area contributed by atoms with Crippen LogP contribution in [0.25, 0.3) is 5.76 Å². The first kappa shape index (κ1) is 30.8. The number of ether oxygens (including phenoxy) is 1. The molecule has 1 atom stereocenters. The molecule has 3 heterocycles. The van der Waals surface area contributed by atoms with Gasteiger partial charge in [-0.05, 0) is 72.1 Å². The van der Waals surface area contributed by atoms with Crippen molar-refractivity contribution in [2.75, 3.05) is 4.90 Å². The Morgan fingerprint density at radius 3 is 2.51 bits per heavy atom. The molecule has 6 rings (SSSR count). The van der Waals surface area contributed by atoms with Gasteiger partial charge >= 0.3 is 5.91 Å². The van der Waals surface area contributed by atoms with Gasteiger partial charge in [-0.25, -0.2) is 0 Å². The number of ketones is 1. The number of aliphatic hydroxyl groups is 1. The number of amides is 1. The standard InChI is InChI=1S/C33H24Cl2N4O4S2/c1-19-3-2-4-20(15-19)17-43-25-9-6-22(7-10-25)29(40)27-28(21-11-13-36-14-12-21)39(31(42)30(27)41)32-37-38-33(45-32)44-18-23-5-8-24(34)16-26(23)35/h2-16,28,40H,17-18H2,1H3. The highest BCUT2D eigenvalue weighted by atomic mass is 35.5. The maximum atomic E-state index is 13.5. The number of hydrogen-bond acceptors (Lipinski definition) is 9. The molecule has 8 nitrogen and oxygen atoms in total. The Kier molecular flexibility index (Phi) is 9.18. The van der Waals surface area contributed by atoms with E-state index in [-0.39, 0.29) is 16.5 Å². The number of pyridine rings is 1. The summed E-state index contributed by atoms with van der Waals surface area (Å²) in [7, 11) is 0. The van der Waals surface area contributed by atoms with Crippen LogP contribution >= 0.6 is 46.3 Å². The number of benzene rings is 3. The zero-order chi connectivity index (χ0) is 31.5. The van der Waals surface area contributed by atoms with E-state index in [1.165, 1.54) is 28.0 Å². The molecule has 0 bridgehead atoms. The van der Waals surface area contributed by atoms with Gasteiger partial charge in [-0.2, -0.15) is 0 Å². The van der Waals surface area contributed by atoms with Crippen LogP contribution in [0.15, 0.2) is 101 Å². The van der Waals surface area contributed by atoms with Gasteiger partial charge in [0.1, 0.15) is 18.1 Å². The highest BCUT2D eigenvalue weighted by Crippen LogP contribution is 2.44. The topological polar surface area (TPSA) is 106 Å². The van der Waals surface area contributed by atoms with Crippen LogP contribution in [0.1, 0.15) is 33.9 Å². The van der Waals surface area contributed by atoms with E-state index in [4.69, 9.17) is 27.9 Å². The molecule has 45 heavy (non-hydrogen) atoms. The Bertz CT molecular complexity index is 1920. The molecule has 1 unspecified atom stereocenters. The monoisotopic (exact) mass is 674 g/mol. The van der Waals surface area contributed by atoms with Crippen molar-refractivity contribution in [3.63, 3.8) is 0 Å². The summed E-state index contributed by atoms with van der Waals surface area (Å²) >= 11 is 14.9. The molecule has 226 valence electrons. The number of carbonyl (C=O) groups is 2. The Morgan fingerprint density at radius 1 is 1.00 bits per heavy atom. The second kappa shape index (κ2) is 13.4. The van der Waals surface area contributed by atoms with Gasteiger partial charge in [-0.3, -0.25) is 19.5 Å². The maximum Gasteiger partial charge on any atom is 0.301 e. The highest BCUT2D eigenvalue weighted by molar-refractivity contribution is 8.00. The molecule has 1 aliphatic rings. The normalized spacial score (nSPS) is 15.9. The van der Waals surface area contributed by atoms with Crippen LogP contribution in [0, 0.1) is 6.92 Å². The number of halogens is 2. The van der Waals surface area contributed by atoms with Crippen molar-refractivity contribution in [1.29, 1.82) is 0 Å². The summed E-state index contributed by atoms with van der Waals surface area (Å²) in [5.74, 6) is -0.851. The molecule has 0 radical (unpaired) electrons. The third-order valence-corrected chi connectivity index (χ3v) is 9.74. The number of thioether (sulfide) groups is 1. The first-order chi connectivity index (χ1) is 21.8. The minimum Gasteiger partial charge on any atom is -0.507 e. The van der Waals surface area contributed by atoms with Crippen LogP contribution in [0.3, 0.4) is 0 Å². The van der Waals surface area contributed by atoms with E-state index in [9.17, 15) is 14.7 Å². The van der Waals surface area contributed by atoms with Gasteiger partial charge in [-0.15, -0.1) is 10.2 Å². The lowest BCUT2D eigenvalue weighted by Gasteiger charge is -2.22. The molecule has 0 spiro atoms. The molecule has 0 aliphatic carbocycles. The molecule has 2 aromatic heterocycles. The van der Waals surface area contributed by atoms with E-state index in [0.717, 1.165) is 16.7 Å². The van der Waals surface area contributed by atoms with Crippen molar-refractivity contribution in [3.8, 4) is 5.75 Å². The third kappa shape index (κ3) is 6.74. The van der Waals surface area contributed by atoms with Crippen LogP contribution in [0.4, 0.5) is 5.13 Å². The summed E-state index contributed by atoms with van der Waals surface area (Å²) in [6, 6.07) is 22.5. The van der Waals surface area contributed by atoms with Gasteiger partial charge in [0.05, 0.1) is 11.6 Å². The number of anilines is 1. The maximum absolute atomic E-state index is 13.5. The molecule has 1 amide bonds. The van der Waals surface area contributed by atoms with Crippen molar-refractivity contribution >= 4 is 68.9 Å². The van der Waals surface area contributed by atoms with Crippen LogP contribution in [-0.4, -0.2) is 32.0 Å². The second-order valence-electron chi connectivity index (χ2n) is 10.1. The van der Waals surface area contributed by atoms with Gasteiger partial charge in [0, 0.05) is 33.8 Å². The average molecular weight is 676 g/mol. The molecule has 1 saturated heterocycles. The van der Waals surface area contributed by atoms with Gasteiger partial charge in [0.25, 0.3) is 5.78 Å². The van der Waals surface area contributed by atoms with Gasteiger partial charge in [0.2, 0.25) is 5.13 Å². The van der Waals surface area contributed by atoms with E-state index >= 15 is 0 Å². The zero-order valence-electron chi connectivity index (χ0n) is 23.7. The Balaban J connectivity index is 1.28. The number of Topliss-reactive ketones (excluding diaryl/α,β-unsaturated/α-hetero) is 1. The molecule has 5 aromatic rings. The van der Waals surface area contributed by atoms with Crippen LogP contribution in [-0.2, 0) is 21.9 Å². The van der Waals surface area contributed by atoms with Crippen molar-refractivity contribution in [2.24, 2.45) is 0 Å². The fraction of sp³-hybridized carbons (Fsp3) is 0.121. The lowest BCUT2D eigenvalue weighted by Crippen LogP contribution is -2.29.